The van der Waals surface area contributed by atoms with Crippen LogP contribution in [0.5, 0.6) is 5.75 Å². The number of ether oxygens (including phenoxy) is 1. The summed E-state index contributed by atoms with van der Waals surface area (Å²) in [4.78, 5) is 22.7. The maximum atomic E-state index is 11.5. The first-order chi connectivity index (χ1) is 12.1. The van der Waals surface area contributed by atoms with E-state index in [9.17, 15) is 14.7 Å². The van der Waals surface area contributed by atoms with Crippen LogP contribution in [0.1, 0.15) is 27.9 Å². The Bertz CT molecular complexity index is 807. The molecule has 0 spiro atoms. The fourth-order valence-corrected chi connectivity index (χ4v) is 1.98. The molecule has 0 aliphatic rings. The molecule has 25 heavy (non-hydrogen) atoms. The van der Waals surface area contributed by atoms with Gasteiger partial charge in [0.25, 0.3) is 5.91 Å². The molecular weight excluding hydrogens is 320 g/mol. The number of benzene rings is 2. The summed E-state index contributed by atoms with van der Waals surface area (Å²) in [7, 11) is 0. The van der Waals surface area contributed by atoms with Gasteiger partial charge in [0.05, 0.1) is 5.56 Å². The topological polar surface area (TPSA) is 102 Å². The second kappa shape index (κ2) is 8.99. The standard InChI is InChI=1S/C19H18N2O4/c20-18(23)16-12-14(9-10-17(16)22)6-4-5-11-21-19(24)25-13-15-7-2-1-3-8-15/h1-3,7-10,12,22H,5,11,13H2,(H2,20,23)(H,21,24). The van der Waals surface area contributed by atoms with E-state index in [0.29, 0.717) is 18.5 Å². The lowest BCUT2D eigenvalue weighted by atomic mass is 10.1. The fraction of sp³-hybridized carbons (Fsp3) is 0.158. The molecule has 2 rings (SSSR count). The summed E-state index contributed by atoms with van der Waals surface area (Å²) in [5, 5.41) is 12.1. The summed E-state index contributed by atoms with van der Waals surface area (Å²) < 4.78 is 5.07. The molecule has 4 N–H and O–H groups in total. The molecule has 128 valence electrons. The highest BCUT2D eigenvalue weighted by Crippen LogP contribution is 2.17. The Morgan fingerprint density at radius 3 is 2.64 bits per heavy atom. The number of nitrogens with one attached hydrogen (secondary N) is 1. The van der Waals surface area contributed by atoms with Gasteiger partial charge in [-0.3, -0.25) is 4.79 Å². The molecule has 6 heteroatoms. The maximum absolute atomic E-state index is 11.5. The van der Waals surface area contributed by atoms with Crippen LogP contribution in [0.4, 0.5) is 4.79 Å². The molecule has 0 unspecified atom stereocenters. The van der Waals surface area contributed by atoms with Crippen molar-refractivity contribution in [1.29, 1.82) is 0 Å². The summed E-state index contributed by atoms with van der Waals surface area (Å²) >= 11 is 0. The number of hydrogen-bond donors (Lipinski definition) is 3. The van der Waals surface area contributed by atoms with Gasteiger partial charge in [0.2, 0.25) is 0 Å². The Kier molecular flexibility index (Phi) is 6.43. The van der Waals surface area contributed by atoms with Crippen molar-refractivity contribution in [3.8, 4) is 17.6 Å². The number of hydrogen-bond acceptors (Lipinski definition) is 4. The van der Waals surface area contributed by atoms with E-state index in [1.807, 2.05) is 30.3 Å². The van der Waals surface area contributed by atoms with Gasteiger partial charge >= 0.3 is 6.09 Å². The molecule has 2 aromatic rings. The van der Waals surface area contributed by atoms with E-state index in [2.05, 4.69) is 17.2 Å². The van der Waals surface area contributed by atoms with Crippen molar-refractivity contribution in [1.82, 2.24) is 5.32 Å². The molecule has 2 aromatic carbocycles. The first kappa shape index (κ1) is 17.9. The molecule has 0 heterocycles. The van der Waals surface area contributed by atoms with E-state index < -0.39 is 12.0 Å². The molecular formula is C19H18N2O4. The number of rotatable bonds is 5. The van der Waals surface area contributed by atoms with Gasteiger partial charge in [-0.1, -0.05) is 42.2 Å². The predicted octanol–water partition coefficient (Wildman–Crippen LogP) is 2.16. The lowest BCUT2D eigenvalue weighted by Gasteiger charge is -2.05. The van der Waals surface area contributed by atoms with E-state index in [0.717, 1.165) is 5.56 Å². The monoisotopic (exact) mass is 338 g/mol. The average molecular weight is 338 g/mol. The van der Waals surface area contributed by atoms with Gasteiger partial charge in [-0.2, -0.15) is 0 Å². The Hall–Kier alpha value is -3.46. The number of carbonyl (C=O) groups excluding carboxylic acids is 2. The van der Waals surface area contributed by atoms with Gasteiger partial charge in [0.1, 0.15) is 12.4 Å². The van der Waals surface area contributed by atoms with Crippen LogP contribution in [0.15, 0.2) is 48.5 Å². The molecule has 0 aliphatic carbocycles. The lowest BCUT2D eigenvalue weighted by Crippen LogP contribution is -2.24. The van der Waals surface area contributed by atoms with Crippen molar-refractivity contribution < 1.29 is 19.4 Å². The number of alkyl carbamates (subject to hydrolysis) is 1. The number of carbonyl (C=O) groups is 2. The molecule has 0 aromatic heterocycles. The van der Waals surface area contributed by atoms with Crippen molar-refractivity contribution >= 4 is 12.0 Å². The molecule has 0 bridgehead atoms. The van der Waals surface area contributed by atoms with Crippen LogP contribution in [0, 0.1) is 11.8 Å². The third-order valence-electron chi connectivity index (χ3n) is 3.23. The van der Waals surface area contributed by atoms with Crippen molar-refractivity contribution in [2.45, 2.75) is 13.0 Å². The molecule has 0 saturated carbocycles. The minimum atomic E-state index is -0.719. The number of phenols is 1. The second-order valence-corrected chi connectivity index (χ2v) is 5.14. The Labute approximate surface area is 145 Å². The van der Waals surface area contributed by atoms with Crippen molar-refractivity contribution in [2.75, 3.05) is 6.54 Å². The zero-order valence-electron chi connectivity index (χ0n) is 13.5. The van der Waals surface area contributed by atoms with Crippen LogP contribution in [0.2, 0.25) is 0 Å². The summed E-state index contributed by atoms with van der Waals surface area (Å²) in [5.74, 6) is 4.80. The lowest BCUT2D eigenvalue weighted by molar-refractivity contribution is 0.0997. The minimum Gasteiger partial charge on any atom is -0.507 e. The van der Waals surface area contributed by atoms with Crippen LogP contribution in [0.3, 0.4) is 0 Å². The average Bonchev–Trinajstić information content (AvgIpc) is 2.61. The zero-order valence-corrected chi connectivity index (χ0v) is 13.5. The third kappa shape index (κ3) is 5.92. The van der Waals surface area contributed by atoms with Gasteiger partial charge in [-0.15, -0.1) is 0 Å². The highest BCUT2D eigenvalue weighted by molar-refractivity contribution is 5.95. The molecule has 0 atom stereocenters. The van der Waals surface area contributed by atoms with Crippen molar-refractivity contribution in [2.24, 2.45) is 5.73 Å². The van der Waals surface area contributed by atoms with Crippen molar-refractivity contribution in [3.05, 3.63) is 65.2 Å². The van der Waals surface area contributed by atoms with E-state index in [4.69, 9.17) is 10.5 Å². The van der Waals surface area contributed by atoms with Crippen LogP contribution in [-0.4, -0.2) is 23.7 Å². The van der Waals surface area contributed by atoms with Gasteiger partial charge in [-0.05, 0) is 23.8 Å². The largest absolute Gasteiger partial charge is 0.507 e. The van der Waals surface area contributed by atoms with E-state index in [1.165, 1.54) is 12.1 Å². The number of nitrogens with two attached hydrogens (primary N) is 1. The zero-order chi connectivity index (χ0) is 18.1. The van der Waals surface area contributed by atoms with Gasteiger partial charge in [0.15, 0.2) is 0 Å². The van der Waals surface area contributed by atoms with Crippen LogP contribution in [0.25, 0.3) is 0 Å². The quantitative estimate of drug-likeness (QED) is 0.574. The summed E-state index contributed by atoms with van der Waals surface area (Å²) in [6.07, 6.45) is -0.0981. The SMILES string of the molecule is NC(=O)c1cc(C#CCCNC(=O)OCc2ccccc2)ccc1O. The van der Waals surface area contributed by atoms with Crippen LogP contribution < -0.4 is 11.1 Å². The van der Waals surface area contributed by atoms with Gasteiger partial charge < -0.3 is 20.9 Å². The Morgan fingerprint density at radius 2 is 1.92 bits per heavy atom. The maximum Gasteiger partial charge on any atom is 0.407 e. The summed E-state index contributed by atoms with van der Waals surface area (Å²) in [6.45, 7) is 0.545. The summed E-state index contributed by atoms with van der Waals surface area (Å²) in [6, 6.07) is 13.8. The highest BCUT2D eigenvalue weighted by atomic mass is 16.5. The first-order valence-electron chi connectivity index (χ1n) is 7.62. The Balaban J connectivity index is 1.74. The van der Waals surface area contributed by atoms with Crippen molar-refractivity contribution in [3.63, 3.8) is 0 Å². The molecule has 2 amide bonds. The van der Waals surface area contributed by atoms with E-state index >= 15 is 0 Å². The molecule has 0 fully saturated rings. The molecule has 6 nitrogen and oxygen atoms in total. The smallest absolute Gasteiger partial charge is 0.407 e. The predicted molar refractivity (Wildman–Crippen MR) is 92.7 cm³/mol. The van der Waals surface area contributed by atoms with E-state index in [1.54, 1.807) is 6.07 Å². The van der Waals surface area contributed by atoms with E-state index in [-0.39, 0.29) is 17.9 Å². The highest BCUT2D eigenvalue weighted by Gasteiger charge is 2.07. The number of aromatic hydroxyl groups is 1. The van der Waals surface area contributed by atoms with Gasteiger partial charge in [0, 0.05) is 18.5 Å². The summed E-state index contributed by atoms with van der Waals surface area (Å²) in [5.41, 5.74) is 6.64. The Morgan fingerprint density at radius 1 is 1.16 bits per heavy atom. The normalized spacial score (nSPS) is 9.60. The first-order valence-corrected chi connectivity index (χ1v) is 7.62. The number of amides is 2. The molecule has 0 aliphatic heterocycles. The second-order valence-electron chi connectivity index (χ2n) is 5.14. The molecule has 0 saturated heterocycles. The van der Waals surface area contributed by atoms with Crippen LogP contribution >= 0.6 is 0 Å². The third-order valence-corrected chi connectivity index (χ3v) is 3.23. The van der Waals surface area contributed by atoms with Gasteiger partial charge in [-0.25, -0.2) is 4.79 Å². The number of primary amides is 1. The molecule has 0 radical (unpaired) electrons. The minimum absolute atomic E-state index is 0.0226. The fourth-order valence-electron chi connectivity index (χ4n) is 1.98. The van der Waals surface area contributed by atoms with Crippen LogP contribution in [-0.2, 0) is 11.3 Å².